The molecule has 0 bridgehead atoms. The second kappa shape index (κ2) is 20.3. The summed E-state index contributed by atoms with van der Waals surface area (Å²) in [5.41, 5.74) is 14.3. The van der Waals surface area contributed by atoms with Crippen molar-refractivity contribution in [2.24, 2.45) is 0 Å². The monoisotopic (exact) mass is 813 g/mol. The largest absolute Gasteiger partial charge is 0.456 e. The van der Waals surface area contributed by atoms with Gasteiger partial charge in [-0.2, -0.15) is 0 Å². The fourth-order valence-electron chi connectivity index (χ4n) is 7.90. The van der Waals surface area contributed by atoms with Gasteiger partial charge in [-0.25, -0.2) is 0 Å². The van der Waals surface area contributed by atoms with Crippen LogP contribution in [0.5, 0.6) is 0 Å². The van der Waals surface area contributed by atoms with Crippen LogP contribution in [-0.4, -0.2) is 12.8 Å². The van der Waals surface area contributed by atoms with Crippen molar-refractivity contribution in [3.05, 3.63) is 204 Å². The minimum atomic E-state index is 0.713. The maximum atomic E-state index is 8.19. The van der Waals surface area contributed by atoms with Crippen LogP contribution in [0.25, 0.3) is 67.8 Å². The smallest absolute Gasteiger partial charge is 0.145 e. The molecule has 0 spiro atoms. The number of nitrogens with zero attached hydrogens (tertiary/aromatic N) is 1. The van der Waals surface area contributed by atoms with Crippen LogP contribution in [-0.2, 0) is 6.42 Å². The van der Waals surface area contributed by atoms with Gasteiger partial charge in [0.25, 0.3) is 0 Å². The summed E-state index contributed by atoms with van der Waals surface area (Å²) in [4.78, 5) is 2.10. The zero-order chi connectivity index (χ0) is 43.4. The van der Waals surface area contributed by atoms with Gasteiger partial charge in [-0.1, -0.05) is 150 Å². The van der Waals surface area contributed by atoms with Crippen molar-refractivity contribution in [3.8, 4) is 11.1 Å². The summed E-state index contributed by atoms with van der Waals surface area (Å²) in [6, 6.07) is 45.7. The van der Waals surface area contributed by atoms with Gasteiger partial charge < -0.3 is 24.5 Å². The molecule has 62 heavy (non-hydrogen) atoms. The van der Waals surface area contributed by atoms with Crippen molar-refractivity contribution in [3.63, 3.8) is 0 Å². The highest BCUT2D eigenvalue weighted by Gasteiger charge is 2.20. The third-order valence-corrected chi connectivity index (χ3v) is 10.9. The lowest BCUT2D eigenvalue weighted by molar-refractivity contribution is 0.603. The summed E-state index contributed by atoms with van der Waals surface area (Å²) in [5, 5.41) is 15.1. The molecule has 0 aliphatic carbocycles. The van der Waals surface area contributed by atoms with Crippen molar-refractivity contribution in [1.82, 2.24) is 0 Å². The number of fused-ring (bicyclic) bond motifs is 11. The van der Waals surface area contributed by atoms with Gasteiger partial charge in [-0.15, -0.1) is 0 Å². The predicted octanol–water partition coefficient (Wildman–Crippen LogP) is 16.2. The highest BCUT2D eigenvalue weighted by atomic mass is 16.3. The van der Waals surface area contributed by atoms with E-state index < -0.39 is 0 Å². The van der Waals surface area contributed by atoms with Crippen molar-refractivity contribution in [2.75, 3.05) is 17.3 Å². The number of nitrogens with one attached hydrogen (secondary N) is 2. The predicted molar refractivity (Wildman–Crippen MR) is 268 cm³/mol. The first-order chi connectivity index (χ1) is 30.5. The number of furan rings is 2. The first-order valence-electron chi connectivity index (χ1n) is 21.7. The van der Waals surface area contributed by atoms with Gasteiger partial charge in [0, 0.05) is 63.7 Å². The van der Waals surface area contributed by atoms with Crippen LogP contribution < -0.4 is 10.2 Å². The Morgan fingerprint density at radius 2 is 1.39 bits per heavy atom. The fourth-order valence-corrected chi connectivity index (χ4v) is 7.90. The molecule has 2 aliphatic heterocycles. The zero-order valence-corrected chi connectivity index (χ0v) is 36.4. The second-order valence-corrected chi connectivity index (χ2v) is 14.6. The molecule has 2 aromatic heterocycles. The Morgan fingerprint density at radius 3 is 2.23 bits per heavy atom. The number of hydrogen-bond donors (Lipinski definition) is 2. The SMILES string of the molecule is C=C1/C=C\C=C/N(C)c2ccc3c4c(oc3c21)/C=C\c1ccccc1-c1ccccc1N/C=C/4.CC.CC.N=C(CCCc1ccc2oc3ccccc3c2c1)c1ccccc1. The molecular weight excluding hydrogens is 759 g/mol. The Hall–Kier alpha value is -7.37. The van der Waals surface area contributed by atoms with Crippen LogP contribution in [0.15, 0.2) is 180 Å². The van der Waals surface area contributed by atoms with E-state index in [-0.39, 0.29) is 0 Å². The molecule has 6 aromatic carbocycles. The minimum Gasteiger partial charge on any atom is -0.456 e. The molecular formula is C57H55N3O2. The molecule has 0 unspecified atom stereocenters. The molecule has 10 rings (SSSR count). The normalized spacial score (nSPS) is 14.5. The quantitative estimate of drug-likeness (QED) is 0.170. The third-order valence-electron chi connectivity index (χ3n) is 10.9. The summed E-state index contributed by atoms with van der Waals surface area (Å²) in [7, 11) is 2.04. The van der Waals surface area contributed by atoms with E-state index in [2.05, 4.69) is 120 Å². The zero-order valence-electron chi connectivity index (χ0n) is 36.4. The molecule has 4 heterocycles. The third kappa shape index (κ3) is 9.18. The Balaban J connectivity index is 0.000000182. The molecule has 8 aromatic rings. The first-order valence-corrected chi connectivity index (χ1v) is 21.7. The van der Waals surface area contributed by atoms with E-state index in [4.69, 9.17) is 14.2 Å². The molecule has 0 saturated carbocycles. The molecule has 2 aliphatic rings. The van der Waals surface area contributed by atoms with Crippen molar-refractivity contribution >= 4 is 73.8 Å². The van der Waals surface area contributed by atoms with Gasteiger partial charge in [-0.05, 0) is 102 Å². The number of rotatable bonds is 5. The Labute approximate surface area is 366 Å². The van der Waals surface area contributed by atoms with E-state index in [9.17, 15) is 0 Å². The molecule has 0 radical (unpaired) electrons. The number of benzene rings is 6. The van der Waals surface area contributed by atoms with Gasteiger partial charge in [0.1, 0.15) is 22.5 Å². The maximum Gasteiger partial charge on any atom is 0.145 e. The van der Waals surface area contributed by atoms with Crippen molar-refractivity contribution in [1.29, 1.82) is 5.41 Å². The lowest BCUT2D eigenvalue weighted by atomic mass is 9.97. The van der Waals surface area contributed by atoms with Crippen LogP contribution >= 0.6 is 0 Å². The summed E-state index contributed by atoms with van der Waals surface area (Å²) in [6.45, 7) is 12.3. The minimum absolute atomic E-state index is 0.713. The molecule has 0 amide bonds. The van der Waals surface area contributed by atoms with E-state index in [1.54, 1.807) is 0 Å². The lowest BCUT2D eigenvalue weighted by Crippen LogP contribution is -2.10. The Kier molecular flexibility index (Phi) is 14.0. The van der Waals surface area contributed by atoms with Gasteiger partial charge in [-0.3, -0.25) is 0 Å². The van der Waals surface area contributed by atoms with Gasteiger partial charge in [0.2, 0.25) is 0 Å². The number of allylic oxidation sites excluding steroid dienone is 4. The van der Waals surface area contributed by atoms with Gasteiger partial charge in [0.15, 0.2) is 0 Å². The van der Waals surface area contributed by atoms with Gasteiger partial charge in [0.05, 0.1) is 5.69 Å². The molecule has 5 heteroatoms. The molecule has 0 atom stereocenters. The van der Waals surface area contributed by atoms with Crippen LogP contribution in [0.4, 0.5) is 11.4 Å². The van der Waals surface area contributed by atoms with E-state index in [1.807, 2.05) is 114 Å². The average Bonchev–Trinajstić information content (AvgIpc) is 3.87. The fraction of sp³-hybridized carbons (Fsp3) is 0.140. The summed E-state index contributed by atoms with van der Waals surface area (Å²) in [6.07, 6.45) is 19.2. The molecule has 0 fully saturated rings. The van der Waals surface area contributed by atoms with Crippen LogP contribution in [0, 0.1) is 5.41 Å². The standard InChI is InChI=1S/C31H24N2O.C22H19NO.2C2H6/c1-21-9-7-8-20-33(2)28-16-15-26-25-18-19-32-27-13-6-5-12-24(27)23-11-4-3-10-22(23)14-17-29(25)34-31(26)30(21)28;23-20(17-8-2-1-3-9-17)11-6-7-16-13-14-22-19(15-16)18-10-4-5-12-21(18)24-22;2*1-2/h3-20,32H,1H2,2H3;1-5,8-10,12-15,23H,6-7,11H2;2*1-2H3/b9-7-,17-14-,19-18+,20-8-;;;. The van der Waals surface area contributed by atoms with Crippen molar-refractivity contribution < 1.29 is 8.83 Å². The Bertz CT molecular complexity index is 2960. The molecule has 2 N–H and O–H groups in total. The molecule has 310 valence electrons. The first kappa shape index (κ1) is 42.7. The summed E-state index contributed by atoms with van der Waals surface area (Å²) < 4.78 is 12.4. The topological polar surface area (TPSA) is 65.4 Å². The highest BCUT2D eigenvalue weighted by Crippen LogP contribution is 2.41. The summed E-state index contributed by atoms with van der Waals surface area (Å²) in [5.74, 6) is 0.819. The summed E-state index contributed by atoms with van der Waals surface area (Å²) >= 11 is 0. The second-order valence-electron chi connectivity index (χ2n) is 14.6. The highest BCUT2D eigenvalue weighted by molar-refractivity contribution is 6.06. The maximum absolute atomic E-state index is 8.19. The van der Waals surface area contributed by atoms with Crippen LogP contribution in [0.1, 0.15) is 74.1 Å². The Morgan fingerprint density at radius 1 is 0.661 bits per heavy atom. The number of aryl methyl sites for hydroxylation is 1. The molecule has 0 saturated heterocycles. The number of hydrogen-bond acceptors (Lipinski definition) is 5. The average molecular weight is 814 g/mol. The van der Waals surface area contributed by atoms with Crippen LogP contribution in [0.3, 0.4) is 0 Å². The van der Waals surface area contributed by atoms with E-state index in [0.29, 0.717) is 5.71 Å². The van der Waals surface area contributed by atoms with E-state index in [1.165, 1.54) is 21.9 Å². The number of anilines is 2. The van der Waals surface area contributed by atoms with Crippen LogP contribution in [0.2, 0.25) is 0 Å². The lowest BCUT2D eigenvalue weighted by Gasteiger charge is -2.20. The van der Waals surface area contributed by atoms with Crippen molar-refractivity contribution in [2.45, 2.75) is 47.0 Å². The van der Waals surface area contributed by atoms with E-state index >= 15 is 0 Å². The number of para-hydroxylation sites is 2. The van der Waals surface area contributed by atoms with Gasteiger partial charge >= 0.3 is 0 Å². The van der Waals surface area contributed by atoms with E-state index in [0.717, 1.165) is 91.9 Å². The molecule has 5 nitrogen and oxygen atoms in total.